The first-order valence-corrected chi connectivity index (χ1v) is 19.6. The van der Waals surface area contributed by atoms with Gasteiger partial charge in [-0.2, -0.15) is 0 Å². The summed E-state index contributed by atoms with van der Waals surface area (Å²) >= 11 is 0. The summed E-state index contributed by atoms with van der Waals surface area (Å²) in [6.07, 6.45) is 3.24. The molecule has 0 radical (unpaired) electrons. The van der Waals surface area contributed by atoms with Gasteiger partial charge in [0.15, 0.2) is 0 Å². The van der Waals surface area contributed by atoms with Crippen molar-refractivity contribution < 1.29 is 33.4 Å². The van der Waals surface area contributed by atoms with Crippen LogP contribution >= 0.6 is 0 Å². The molecule has 4 N–H and O–H groups in total. The Morgan fingerprint density at radius 3 is 2.02 bits per heavy atom. The molecule has 3 aromatic carbocycles. The summed E-state index contributed by atoms with van der Waals surface area (Å²) in [6.45, 7) is 10.2. The van der Waals surface area contributed by atoms with Crippen LogP contribution < -0.4 is 16.0 Å². The predicted molar refractivity (Wildman–Crippen MR) is 217 cm³/mol. The van der Waals surface area contributed by atoms with Crippen molar-refractivity contribution in [2.24, 2.45) is 11.8 Å². The van der Waals surface area contributed by atoms with Gasteiger partial charge < -0.3 is 40.2 Å². The molecule has 3 heterocycles. The van der Waals surface area contributed by atoms with Crippen molar-refractivity contribution in [3.05, 3.63) is 72.7 Å². The molecular weight excluding hydrogens is 727 g/mol. The Kier molecular flexibility index (Phi) is 12.2. The second-order valence-corrected chi connectivity index (χ2v) is 15.8. The molecule has 4 unspecified atom stereocenters. The maximum Gasteiger partial charge on any atom is 0.407 e. The molecule has 302 valence electrons. The maximum absolute atomic E-state index is 13.8. The van der Waals surface area contributed by atoms with Crippen molar-refractivity contribution in [1.82, 2.24) is 30.4 Å². The Morgan fingerprint density at radius 2 is 1.37 bits per heavy atom. The van der Waals surface area contributed by atoms with E-state index in [1.54, 1.807) is 22.9 Å². The molecule has 4 aromatic rings. The number of H-pyrrole nitrogens is 1. The average Bonchev–Trinajstić information content (AvgIpc) is 3.99. The van der Waals surface area contributed by atoms with Crippen LogP contribution in [0.1, 0.15) is 72.2 Å². The molecule has 0 saturated carbocycles. The van der Waals surface area contributed by atoms with E-state index in [0.29, 0.717) is 37.4 Å². The number of amides is 5. The number of imidazole rings is 1. The number of ether oxygens (including phenoxy) is 2. The van der Waals surface area contributed by atoms with E-state index in [1.807, 2.05) is 70.2 Å². The Hall–Kier alpha value is -5.92. The quantitative estimate of drug-likeness (QED) is 0.131. The van der Waals surface area contributed by atoms with Crippen LogP contribution in [-0.2, 0) is 23.9 Å². The lowest BCUT2D eigenvalue weighted by Crippen LogP contribution is -2.59. The molecule has 0 aliphatic carbocycles. The fourth-order valence-electron chi connectivity index (χ4n) is 7.88. The molecule has 0 spiro atoms. The van der Waals surface area contributed by atoms with Gasteiger partial charge in [-0.25, -0.2) is 14.6 Å². The van der Waals surface area contributed by atoms with Crippen LogP contribution in [0.5, 0.6) is 0 Å². The molecule has 1 aromatic heterocycles. The number of benzene rings is 3. The molecule has 14 heteroatoms. The zero-order valence-electron chi connectivity index (χ0n) is 33.7. The Bertz CT molecular complexity index is 2130. The maximum atomic E-state index is 13.8. The van der Waals surface area contributed by atoms with E-state index in [9.17, 15) is 24.0 Å². The second-order valence-electron chi connectivity index (χ2n) is 15.8. The van der Waals surface area contributed by atoms with E-state index in [-0.39, 0.29) is 35.6 Å². The summed E-state index contributed by atoms with van der Waals surface area (Å²) in [5.41, 5.74) is 3.40. The molecule has 5 amide bonds. The van der Waals surface area contributed by atoms with Crippen molar-refractivity contribution in [3.8, 4) is 22.4 Å². The third-order valence-electron chi connectivity index (χ3n) is 11.3. The molecule has 2 fully saturated rings. The largest absolute Gasteiger partial charge is 0.453 e. The Morgan fingerprint density at radius 1 is 0.772 bits per heavy atom. The number of alkyl carbamates (subject to hydrolysis) is 2. The summed E-state index contributed by atoms with van der Waals surface area (Å²) in [4.78, 5) is 76.3. The van der Waals surface area contributed by atoms with Gasteiger partial charge in [0.1, 0.15) is 23.4 Å². The van der Waals surface area contributed by atoms with Crippen molar-refractivity contribution in [1.29, 1.82) is 0 Å². The number of likely N-dealkylation sites (tertiary alicyclic amines) is 2. The molecule has 2 saturated heterocycles. The second kappa shape index (κ2) is 17.1. The number of anilines is 1. The fourth-order valence-corrected chi connectivity index (χ4v) is 7.88. The summed E-state index contributed by atoms with van der Waals surface area (Å²) in [6, 6.07) is 18.4. The van der Waals surface area contributed by atoms with E-state index >= 15 is 0 Å². The first-order valence-electron chi connectivity index (χ1n) is 19.6. The highest BCUT2D eigenvalue weighted by Gasteiger charge is 2.48. The van der Waals surface area contributed by atoms with Gasteiger partial charge in [-0.15, -0.1) is 0 Å². The minimum Gasteiger partial charge on any atom is -0.453 e. The van der Waals surface area contributed by atoms with Gasteiger partial charge in [0.2, 0.25) is 17.7 Å². The highest BCUT2D eigenvalue weighted by atomic mass is 16.5. The van der Waals surface area contributed by atoms with Gasteiger partial charge in [-0.3, -0.25) is 14.4 Å². The number of fused-ring (bicyclic) bond motifs is 1. The van der Waals surface area contributed by atoms with Gasteiger partial charge in [0.25, 0.3) is 0 Å². The Labute approximate surface area is 333 Å². The highest BCUT2D eigenvalue weighted by molar-refractivity contribution is 6.03. The first-order chi connectivity index (χ1) is 27.2. The molecular formula is C43H53N7O7. The molecule has 6 rings (SSSR count). The van der Waals surface area contributed by atoms with Gasteiger partial charge in [0, 0.05) is 18.8 Å². The zero-order valence-corrected chi connectivity index (χ0v) is 33.7. The minimum atomic E-state index is -1.08. The molecule has 14 nitrogen and oxygen atoms in total. The minimum absolute atomic E-state index is 0.114. The van der Waals surface area contributed by atoms with Crippen LogP contribution in [0.15, 0.2) is 66.9 Å². The van der Waals surface area contributed by atoms with Crippen molar-refractivity contribution >= 4 is 46.4 Å². The van der Waals surface area contributed by atoms with Crippen LogP contribution in [0.4, 0.5) is 15.3 Å². The number of aromatic nitrogens is 2. The van der Waals surface area contributed by atoms with Gasteiger partial charge in [-0.05, 0) is 90.1 Å². The number of carbonyl (C=O) groups is 5. The molecule has 4 atom stereocenters. The number of nitrogens with zero attached hydrogens (tertiary/aromatic N) is 3. The van der Waals surface area contributed by atoms with Gasteiger partial charge in [-0.1, -0.05) is 70.2 Å². The lowest BCUT2D eigenvalue weighted by atomic mass is 9.94. The SMILES string of the molecule is COC(=O)NC(C(=O)N1CCCC1c1ncc(-c2ccc(-c3ccc4cc(NC(=O)C5(C)CCCN5C(=O)C(NC(=O)OC)C(C)C)ccc4c3)cc2)[nH]1)C(C)C. The standard InChI is InChI=1S/C43H53N7O7/c1-25(2)35(47-41(54)56-6)38(51)49-20-8-10-34(49)37-44-24-33(46-37)28-13-11-27(12-14-28)29-15-16-31-23-32(18-17-30(31)22-29)45-40(53)43(5)19-9-21-50(43)39(52)36(26(3)4)48-42(55)57-7/h11-18,22-26,34-36H,8-10,19-21H2,1-7H3,(H,44,46)(H,45,53)(H,47,54)(H,48,55). The van der Waals surface area contributed by atoms with Crippen molar-refractivity contribution in [2.75, 3.05) is 32.6 Å². The molecule has 2 aliphatic rings. The van der Waals surface area contributed by atoms with Crippen LogP contribution in [-0.4, -0.2) is 94.6 Å². The third-order valence-corrected chi connectivity index (χ3v) is 11.3. The number of hydrogen-bond acceptors (Lipinski definition) is 8. The van der Waals surface area contributed by atoms with Crippen LogP contribution in [0, 0.1) is 11.8 Å². The lowest BCUT2D eigenvalue weighted by Gasteiger charge is -2.37. The fraction of sp³-hybridized carbons (Fsp3) is 0.442. The summed E-state index contributed by atoms with van der Waals surface area (Å²) in [7, 11) is 2.53. The van der Waals surface area contributed by atoms with E-state index in [4.69, 9.17) is 9.47 Å². The van der Waals surface area contributed by atoms with Crippen LogP contribution in [0.25, 0.3) is 33.2 Å². The van der Waals surface area contributed by atoms with Crippen LogP contribution in [0.2, 0.25) is 0 Å². The number of methoxy groups -OCH3 is 2. The highest BCUT2D eigenvalue weighted by Crippen LogP contribution is 2.35. The normalized spacial score (nSPS) is 19.1. The van der Waals surface area contributed by atoms with Crippen LogP contribution in [0.3, 0.4) is 0 Å². The number of hydrogen-bond donors (Lipinski definition) is 4. The summed E-state index contributed by atoms with van der Waals surface area (Å²) in [5.74, 6) is -0.346. The lowest BCUT2D eigenvalue weighted by molar-refractivity contribution is -0.144. The van der Waals surface area contributed by atoms with E-state index in [2.05, 4.69) is 44.1 Å². The van der Waals surface area contributed by atoms with Gasteiger partial charge in [0.05, 0.1) is 32.2 Å². The predicted octanol–water partition coefficient (Wildman–Crippen LogP) is 6.64. The molecule has 0 bridgehead atoms. The number of aromatic amines is 1. The van der Waals surface area contributed by atoms with Gasteiger partial charge >= 0.3 is 12.2 Å². The number of rotatable bonds is 11. The zero-order chi connectivity index (χ0) is 41.0. The van der Waals surface area contributed by atoms with E-state index < -0.39 is 29.8 Å². The third kappa shape index (κ3) is 8.59. The average molecular weight is 780 g/mol. The molecule has 2 aliphatic heterocycles. The smallest absolute Gasteiger partial charge is 0.407 e. The monoisotopic (exact) mass is 779 g/mol. The van der Waals surface area contributed by atoms with Crippen molar-refractivity contribution in [2.45, 2.75) is 84.0 Å². The van der Waals surface area contributed by atoms with E-state index in [0.717, 1.165) is 46.0 Å². The summed E-state index contributed by atoms with van der Waals surface area (Å²) < 4.78 is 9.48. The first kappa shape index (κ1) is 40.7. The Balaban J connectivity index is 1.12. The number of nitrogens with one attached hydrogen (secondary N) is 4. The topological polar surface area (TPSA) is 175 Å². The molecule has 57 heavy (non-hydrogen) atoms. The van der Waals surface area contributed by atoms with Crippen molar-refractivity contribution in [3.63, 3.8) is 0 Å². The van der Waals surface area contributed by atoms with E-state index in [1.165, 1.54) is 14.2 Å². The number of carbonyl (C=O) groups excluding carboxylic acids is 5. The summed E-state index contributed by atoms with van der Waals surface area (Å²) in [5, 5.41) is 10.3.